The lowest BCUT2D eigenvalue weighted by Crippen LogP contribution is -2.45. The van der Waals surface area contributed by atoms with E-state index in [-0.39, 0.29) is 5.92 Å². The monoisotopic (exact) mass is 631 g/mol. The van der Waals surface area contributed by atoms with Gasteiger partial charge in [-0.3, -0.25) is 0 Å². The van der Waals surface area contributed by atoms with Crippen molar-refractivity contribution in [3.63, 3.8) is 0 Å². The lowest BCUT2D eigenvalue weighted by atomic mass is 9.59. The molecule has 0 amide bonds. The van der Waals surface area contributed by atoms with E-state index >= 15 is 0 Å². The number of nitrogens with one attached hydrogen (secondary N) is 3. The van der Waals surface area contributed by atoms with Crippen LogP contribution in [-0.2, 0) is 11.8 Å². The normalized spacial score (nSPS) is 15.8. The van der Waals surface area contributed by atoms with Crippen LogP contribution in [0.4, 0.5) is 0 Å². The molecular weight excluding hydrogens is 582 g/mol. The highest BCUT2D eigenvalue weighted by Gasteiger charge is 2.52. The van der Waals surface area contributed by atoms with Gasteiger partial charge in [0, 0.05) is 48.7 Å². The van der Waals surface area contributed by atoms with Crippen molar-refractivity contribution in [2.45, 2.75) is 115 Å². The minimum atomic E-state index is -1.08. The fourth-order valence-electron chi connectivity index (χ4n) is 7.12. The number of aromatic amines is 3. The Balaban J connectivity index is 1.72. The number of aromatic nitrogens is 6. The maximum Gasteiger partial charge on any atom is 0.119 e. The van der Waals surface area contributed by atoms with Gasteiger partial charge in [0.15, 0.2) is 0 Å². The fraction of sp³-hybridized carbons (Fsp3) is 0.526. The second kappa shape index (κ2) is 17.3. The molecule has 9 nitrogen and oxygen atoms in total. The summed E-state index contributed by atoms with van der Waals surface area (Å²) in [4.78, 5) is 24.2. The zero-order chi connectivity index (χ0) is 33.6. The van der Waals surface area contributed by atoms with Crippen LogP contribution in [0.1, 0.15) is 138 Å². The van der Waals surface area contributed by atoms with E-state index in [0.29, 0.717) is 17.3 Å². The predicted octanol–water partition coefficient (Wildman–Crippen LogP) is 8.73. The number of benzene rings is 1. The summed E-state index contributed by atoms with van der Waals surface area (Å²) in [5, 5.41) is 32.0. The quantitative estimate of drug-likeness (QED) is 0.0878. The van der Waals surface area contributed by atoms with E-state index in [9.17, 15) is 15.8 Å². The summed E-state index contributed by atoms with van der Waals surface area (Å²) in [6.07, 6.45) is 18.7. The van der Waals surface area contributed by atoms with Gasteiger partial charge in [-0.15, -0.1) is 0 Å². The predicted molar refractivity (Wildman–Crippen MR) is 183 cm³/mol. The Morgan fingerprint density at radius 2 is 1.43 bits per heavy atom. The van der Waals surface area contributed by atoms with Crippen molar-refractivity contribution in [1.82, 2.24) is 29.9 Å². The molecule has 0 saturated carbocycles. The number of hydrogen-bond donors (Lipinski definition) is 3. The minimum absolute atomic E-state index is 0.257. The minimum Gasteiger partial charge on any atom is -0.348 e. The zero-order valence-corrected chi connectivity index (χ0v) is 28.3. The lowest BCUT2D eigenvalue weighted by molar-refractivity contribution is 0.270. The molecule has 47 heavy (non-hydrogen) atoms. The molecule has 3 heterocycles. The number of nitriles is 3. The molecule has 4 rings (SSSR count). The molecule has 0 fully saturated rings. The summed E-state index contributed by atoms with van der Waals surface area (Å²) in [7, 11) is 0. The van der Waals surface area contributed by atoms with Crippen molar-refractivity contribution in [3.8, 4) is 18.2 Å². The van der Waals surface area contributed by atoms with Crippen molar-refractivity contribution in [1.29, 1.82) is 15.8 Å². The molecule has 3 N–H and O–H groups in total. The molecule has 0 bridgehead atoms. The Bertz CT molecular complexity index is 1600. The number of imidazole rings is 3. The molecular formula is C38H49N9. The van der Waals surface area contributed by atoms with E-state index in [1.54, 1.807) is 24.8 Å². The van der Waals surface area contributed by atoms with Crippen molar-refractivity contribution in [2.75, 3.05) is 0 Å². The summed E-state index contributed by atoms with van der Waals surface area (Å²) in [6, 6.07) is 17.3. The van der Waals surface area contributed by atoms with Crippen molar-refractivity contribution < 1.29 is 0 Å². The van der Waals surface area contributed by atoms with E-state index in [4.69, 9.17) is 4.98 Å². The van der Waals surface area contributed by atoms with Gasteiger partial charge in [-0.2, -0.15) is 15.8 Å². The molecule has 0 spiro atoms. The highest BCUT2D eigenvalue weighted by Crippen LogP contribution is 2.50. The number of rotatable bonds is 19. The third-order valence-corrected chi connectivity index (χ3v) is 9.81. The molecule has 0 radical (unpaired) electrons. The number of hydrogen-bond acceptors (Lipinski definition) is 6. The first-order valence-corrected chi connectivity index (χ1v) is 17.3. The van der Waals surface area contributed by atoms with E-state index in [1.807, 2.05) is 51.1 Å². The first-order valence-electron chi connectivity index (χ1n) is 17.3. The second-order valence-electron chi connectivity index (χ2n) is 12.8. The SMILES string of the molecule is CCCCCCCCCCCc1nc(C(C#N)C(C)c2ncc[nH]2)c(C(C)C(C#N)C(c2ccccc2)(c2ncc[nH]2)C(C)C#N)[nH]1. The van der Waals surface area contributed by atoms with Gasteiger partial charge in [0.1, 0.15) is 17.5 Å². The van der Waals surface area contributed by atoms with Crippen molar-refractivity contribution in [3.05, 3.63) is 89.5 Å². The van der Waals surface area contributed by atoms with Crippen LogP contribution < -0.4 is 0 Å². The first-order chi connectivity index (χ1) is 22.9. The van der Waals surface area contributed by atoms with Crippen LogP contribution in [0.3, 0.4) is 0 Å². The smallest absolute Gasteiger partial charge is 0.119 e. The maximum atomic E-state index is 11.0. The largest absolute Gasteiger partial charge is 0.348 e. The zero-order valence-electron chi connectivity index (χ0n) is 28.3. The van der Waals surface area contributed by atoms with Crippen molar-refractivity contribution in [2.24, 2.45) is 11.8 Å². The molecule has 3 aromatic heterocycles. The van der Waals surface area contributed by atoms with E-state index in [2.05, 4.69) is 50.1 Å². The summed E-state index contributed by atoms with van der Waals surface area (Å²) >= 11 is 0. The number of unbranched alkanes of at least 4 members (excludes halogenated alkanes) is 8. The molecule has 4 aromatic rings. The van der Waals surface area contributed by atoms with E-state index in [0.717, 1.165) is 36.3 Å². The van der Waals surface area contributed by atoms with Crippen LogP contribution in [0.15, 0.2) is 55.1 Å². The Labute approximate surface area is 279 Å². The van der Waals surface area contributed by atoms with Gasteiger partial charge in [-0.05, 0) is 18.9 Å². The Morgan fingerprint density at radius 1 is 0.766 bits per heavy atom. The number of aryl methyl sites for hydroxylation is 1. The molecule has 6 unspecified atom stereocenters. The molecule has 0 aliphatic rings. The summed E-state index contributed by atoms with van der Waals surface area (Å²) in [5.74, 6) is -0.532. The topological polar surface area (TPSA) is 157 Å². The van der Waals surface area contributed by atoms with Gasteiger partial charge in [-0.1, -0.05) is 102 Å². The molecule has 0 saturated heterocycles. The van der Waals surface area contributed by atoms with Gasteiger partial charge >= 0.3 is 0 Å². The highest BCUT2D eigenvalue weighted by molar-refractivity contribution is 5.42. The highest BCUT2D eigenvalue weighted by atomic mass is 15.0. The van der Waals surface area contributed by atoms with Crippen LogP contribution >= 0.6 is 0 Å². The van der Waals surface area contributed by atoms with Gasteiger partial charge in [-0.25, -0.2) is 15.0 Å². The molecule has 6 atom stereocenters. The standard InChI is InChI=1S/C38H49N9/c1-5-6-7-8-9-10-11-12-16-19-33-46-34(35(47-33)31(25-40)28(3)36-42-20-21-43-36)29(4)32(26-41)38(27(2)24-39,37-44-22-23-45-37)30-17-14-13-15-18-30/h13-15,17-18,20-23,27-29,31-32H,5-12,16,19H2,1-4H3,(H,42,43)(H,44,45)(H,46,47). The Morgan fingerprint density at radius 3 is 2.00 bits per heavy atom. The first kappa shape index (κ1) is 35.2. The summed E-state index contributed by atoms with van der Waals surface area (Å²) in [6.45, 7) is 8.08. The van der Waals surface area contributed by atoms with Crippen LogP contribution in [-0.4, -0.2) is 29.9 Å². The second-order valence-corrected chi connectivity index (χ2v) is 12.8. The number of H-pyrrole nitrogens is 3. The van der Waals surface area contributed by atoms with Gasteiger partial charge in [0.25, 0.3) is 0 Å². The van der Waals surface area contributed by atoms with Crippen LogP contribution in [0.2, 0.25) is 0 Å². The van der Waals surface area contributed by atoms with Crippen LogP contribution in [0.25, 0.3) is 0 Å². The van der Waals surface area contributed by atoms with E-state index < -0.39 is 29.1 Å². The average molecular weight is 632 g/mol. The fourth-order valence-corrected chi connectivity index (χ4v) is 7.12. The van der Waals surface area contributed by atoms with Crippen LogP contribution in [0.5, 0.6) is 0 Å². The average Bonchev–Trinajstić information content (AvgIpc) is 3.90. The summed E-state index contributed by atoms with van der Waals surface area (Å²) < 4.78 is 0. The van der Waals surface area contributed by atoms with Gasteiger partial charge in [0.2, 0.25) is 0 Å². The molecule has 0 aliphatic carbocycles. The maximum absolute atomic E-state index is 11.0. The lowest BCUT2D eigenvalue weighted by Gasteiger charge is -2.41. The molecule has 246 valence electrons. The van der Waals surface area contributed by atoms with Gasteiger partial charge < -0.3 is 15.0 Å². The third-order valence-electron chi connectivity index (χ3n) is 9.81. The Hall–Kier alpha value is -4.68. The van der Waals surface area contributed by atoms with E-state index in [1.165, 1.54) is 44.9 Å². The molecule has 1 aromatic carbocycles. The third kappa shape index (κ3) is 7.83. The molecule has 0 aliphatic heterocycles. The molecule has 9 heteroatoms. The van der Waals surface area contributed by atoms with Crippen molar-refractivity contribution >= 4 is 0 Å². The van der Waals surface area contributed by atoms with Gasteiger partial charge in [0.05, 0.1) is 47.1 Å². The van der Waals surface area contributed by atoms with Crippen LogP contribution in [0, 0.1) is 45.8 Å². The number of nitrogens with zero attached hydrogens (tertiary/aromatic N) is 6. The Kier molecular flexibility index (Phi) is 12.9. The summed E-state index contributed by atoms with van der Waals surface area (Å²) in [5.41, 5.74) is 1.15.